The number of carbonyl (C=O) groups excluding carboxylic acids is 1. The quantitative estimate of drug-likeness (QED) is 0.850. The van der Waals surface area contributed by atoms with Gasteiger partial charge in [0.25, 0.3) is 0 Å². The molecule has 1 aliphatic rings. The van der Waals surface area contributed by atoms with Crippen molar-refractivity contribution in [2.75, 3.05) is 25.0 Å². The summed E-state index contributed by atoms with van der Waals surface area (Å²) in [4.78, 5) is 13.9. The van der Waals surface area contributed by atoms with Gasteiger partial charge in [-0.25, -0.2) is 0 Å². The average Bonchev–Trinajstić information content (AvgIpc) is 2.32. The average molecular weight is 248 g/mol. The van der Waals surface area contributed by atoms with E-state index in [9.17, 15) is 9.90 Å². The molecular formula is C14H20N2O2. The Kier molecular flexibility index (Phi) is 4.33. The summed E-state index contributed by atoms with van der Waals surface area (Å²) in [5, 5.41) is 12.5. The number of nitrogens with zero attached hydrogens (tertiary/aromatic N) is 1. The molecule has 1 aliphatic heterocycles. The highest BCUT2D eigenvalue weighted by Crippen LogP contribution is 2.14. The van der Waals surface area contributed by atoms with E-state index in [0.29, 0.717) is 13.1 Å². The molecule has 0 spiro atoms. The molecule has 0 saturated carbocycles. The maximum Gasteiger partial charge on any atom is 0.238 e. The minimum Gasteiger partial charge on any atom is -0.392 e. The second-order valence-corrected chi connectivity index (χ2v) is 4.89. The number of hydrogen-bond acceptors (Lipinski definition) is 3. The van der Waals surface area contributed by atoms with Crippen molar-refractivity contribution < 1.29 is 9.90 Å². The van der Waals surface area contributed by atoms with Crippen LogP contribution in [0.5, 0.6) is 0 Å². The summed E-state index contributed by atoms with van der Waals surface area (Å²) in [5.41, 5.74) is 1.92. The van der Waals surface area contributed by atoms with Gasteiger partial charge in [-0.05, 0) is 37.9 Å². The van der Waals surface area contributed by atoms with Crippen LogP contribution in [0.2, 0.25) is 0 Å². The van der Waals surface area contributed by atoms with Gasteiger partial charge >= 0.3 is 0 Å². The summed E-state index contributed by atoms with van der Waals surface area (Å²) in [6.45, 7) is 3.81. The molecule has 1 atom stereocenters. The topological polar surface area (TPSA) is 52.6 Å². The molecule has 1 aromatic rings. The zero-order chi connectivity index (χ0) is 13.0. The number of rotatable bonds is 3. The maximum absolute atomic E-state index is 11.9. The molecule has 0 unspecified atom stereocenters. The minimum atomic E-state index is -0.287. The molecule has 98 valence electrons. The highest BCUT2D eigenvalue weighted by Gasteiger charge is 2.19. The maximum atomic E-state index is 11.9. The number of likely N-dealkylation sites (tertiary alicyclic amines) is 1. The lowest BCUT2D eigenvalue weighted by Crippen LogP contribution is -2.42. The molecule has 0 aliphatic carbocycles. The van der Waals surface area contributed by atoms with Crippen LogP contribution in [0.4, 0.5) is 5.69 Å². The summed E-state index contributed by atoms with van der Waals surface area (Å²) < 4.78 is 0. The van der Waals surface area contributed by atoms with Crippen molar-refractivity contribution in [3.63, 3.8) is 0 Å². The van der Waals surface area contributed by atoms with E-state index in [-0.39, 0.29) is 12.0 Å². The molecule has 1 saturated heterocycles. The van der Waals surface area contributed by atoms with Crippen molar-refractivity contribution in [3.8, 4) is 0 Å². The van der Waals surface area contributed by atoms with Crippen LogP contribution in [-0.4, -0.2) is 41.7 Å². The number of hydrogen-bond donors (Lipinski definition) is 2. The number of nitrogens with one attached hydrogen (secondary N) is 1. The molecule has 4 heteroatoms. The first-order chi connectivity index (χ1) is 8.65. The number of piperidine rings is 1. The Morgan fingerprint density at radius 2 is 2.28 bits per heavy atom. The van der Waals surface area contributed by atoms with Crippen LogP contribution in [0.25, 0.3) is 0 Å². The zero-order valence-electron chi connectivity index (χ0n) is 10.7. The molecule has 0 radical (unpaired) electrons. The third-order valence-corrected chi connectivity index (χ3v) is 3.27. The summed E-state index contributed by atoms with van der Waals surface area (Å²) in [7, 11) is 0. The van der Waals surface area contributed by atoms with Gasteiger partial charge in [0.1, 0.15) is 0 Å². The number of aryl methyl sites for hydroxylation is 1. The third-order valence-electron chi connectivity index (χ3n) is 3.27. The smallest absolute Gasteiger partial charge is 0.238 e. The Balaban J connectivity index is 1.87. The fraction of sp³-hybridized carbons (Fsp3) is 0.500. The molecule has 2 rings (SSSR count). The number of amides is 1. The SMILES string of the molecule is Cc1ccccc1NC(=O)CN1CCC[C@@H](O)C1. The lowest BCUT2D eigenvalue weighted by Gasteiger charge is -2.29. The van der Waals surface area contributed by atoms with Gasteiger partial charge in [-0.2, -0.15) is 0 Å². The Bertz CT molecular complexity index is 420. The van der Waals surface area contributed by atoms with Crippen LogP contribution in [0.1, 0.15) is 18.4 Å². The van der Waals surface area contributed by atoms with Gasteiger partial charge in [-0.15, -0.1) is 0 Å². The van der Waals surface area contributed by atoms with Gasteiger partial charge in [0.05, 0.1) is 12.6 Å². The molecule has 2 N–H and O–H groups in total. The van der Waals surface area contributed by atoms with Gasteiger partial charge in [-0.3, -0.25) is 9.69 Å². The van der Waals surface area contributed by atoms with E-state index < -0.39 is 0 Å². The van der Waals surface area contributed by atoms with E-state index in [1.165, 1.54) is 0 Å². The molecule has 0 aromatic heterocycles. The largest absolute Gasteiger partial charge is 0.392 e. The molecule has 0 bridgehead atoms. The van der Waals surface area contributed by atoms with Crippen LogP contribution >= 0.6 is 0 Å². The first-order valence-electron chi connectivity index (χ1n) is 6.41. The van der Waals surface area contributed by atoms with Crippen LogP contribution in [0.15, 0.2) is 24.3 Å². The number of carbonyl (C=O) groups is 1. The van der Waals surface area contributed by atoms with Gasteiger partial charge in [0.15, 0.2) is 0 Å². The predicted molar refractivity (Wildman–Crippen MR) is 71.5 cm³/mol. The van der Waals surface area contributed by atoms with E-state index in [1.54, 1.807) is 0 Å². The van der Waals surface area contributed by atoms with Crippen LogP contribution < -0.4 is 5.32 Å². The number of para-hydroxylation sites is 1. The summed E-state index contributed by atoms with van der Waals surface area (Å²) in [5.74, 6) is -0.0154. The second kappa shape index (κ2) is 5.98. The van der Waals surface area contributed by atoms with Gasteiger partial charge in [-0.1, -0.05) is 18.2 Å². The molecule has 1 fully saturated rings. The van der Waals surface area contributed by atoms with Crippen molar-refractivity contribution in [2.45, 2.75) is 25.9 Å². The number of anilines is 1. The van der Waals surface area contributed by atoms with Gasteiger partial charge in [0, 0.05) is 12.2 Å². The van der Waals surface area contributed by atoms with Crippen LogP contribution in [0, 0.1) is 6.92 Å². The zero-order valence-corrected chi connectivity index (χ0v) is 10.7. The van der Waals surface area contributed by atoms with E-state index >= 15 is 0 Å². The van der Waals surface area contributed by atoms with Crippen LogP contribution in [-0.2, 0) is 4.79 Å². The fourth-order valence-electron chi connectivity index (χ4n) is 2.28. The predicted octanol–water partition coefficient (Wildman–Crippen LogP) is 1.39. The minimum absolute atomic E-state index is 0.0154. The van der Waals surface area contributed by atoms with Crippen molar-refractivity contribution in [3.05, 3.63) is 29.8 Å². The summed E-state index contributed by atoms with van der Waals surface area (Å²) in [6, 6.07) is 7.73. The van der Waals surface area contributed by atoms with E-state index in [2.05, 4.69) is 5.32 Å². The molecule has 4 nitrogen and oxygen atoms in total. The summed E-state index contributed by atoms with van der Waals surface area (Å²) in [6.07, 6.45) is 1.51. The molecule has 1 heterocycles. The normalized spacial score (nSPS) is 20.7. The first kappa shape index (κ1) is 13.1. The van der Waals surface area contributed by atoms with Crippen molar-refractivity contribution in [1.82, 2.24) is 4.90 Å². The lowest BCUT2D eigenvalue weighted by molar-refractivity contribution is -0.118. The Morgan fingerprint density at radius 3 is 3.00 bits per heavy atom. The molecule has 18 heavy (non-hydrogen) atoms. The molecule has 1 amide bonds. The second-order valence-electron chi connectivity index (χ2n) is 4.89. The van der Waals surface area contributed by atoms with E-state index in [4.69, 9.17) is 0 Å². The monoisotopic (exact) mass is 248 g/mol. The van der Waals surface area contributed by atoms with Gasteiger partial charge in [0.2, 0.25) is 5.91 Å². The fourth-order valence-corrected chi connectivity index (χ4v) is 2.28. The lowest BCUT2D eigenvalue weighted by atomic mass is 10.1. The van der Waals surface area contributed by atoms with E-state index in [0.717, 1.165) is 30.6 Å². The van der Waals surface area contributed by atoms with Crippen molar-refractivity contribution in [1.29, 1.82) is 0 Å². The molecular weight excluding hydrogens is 228 g/mol. The Hall–Kier alpha value is -1.39. The van der Waals surface area contributed by atoms with E-state index in [1.807, 2.05) is 36.1 Å². The Morgan fingerprint density at radius 1 is 1.50 bits per heavy atom. The Labute approximate surface area is 108 Å². The third kappa shape index (κ3) is 3.55. The highest BCUT2D eigenvalue weighted by atomic mass is 16.3. The number of benzene rings is 1. The van der Waals surface area contributed by atoms with Crippen LogP contribution in [0.3, 0.4) is 0 Å². The van der Waals surface area contributed by atoms with Crippen molar-refractivity contribution in [2.24, 2.45) is 0 Å². The van der Waals surface area contributed by atoms with Gasteiger partial charge < -0.3 is 10.4 Å². The standard InChI is InChI=1S/C14H20N2O2/c1-11-5-2-3-7-13(11)15-14(18)10-16-8-4-6-12(17)9-16/h2-3,5,7,12,17H,4,6,8-10H2,1H3,(H,15,18)/t12-/m1/s1. The number of aliphatic hydroxyl groups excluding tert-OH is 1. The highest BCUT2D eigenvalue weighted by molar-refractivity contribution is 5.92. The first-order valence-corrected chi connectivity index (χ1v) is 6.41. The number of aliphatic hydroxyl groups is 1. The summed E-state index contributed by atoms with van der Waals surface area (Å²) >= 11 is 0. The molecule has 1 aromatic carbocycles. The van der Waals surface area contributed by atoms with Crippen molar-refractivity contribution >= 4 is 11.6 Å². The number of β-amino-alcohol motifs (C(OH)–C–C–N with tert-alkyl or cyclic N) is 1.